The fourth-order valence-electron chi connectivity index (χ4n) is 4.01. The van der Waals surface area contributed by atoms with E-state index in [0.29, 0.717) is 6.54 Å². The maximum Gasteiger partial charge on any atom is 0.255 e. The van der Waals surface area contributed by atoms with Gasteiger partial charge in [-0.3, -0.25) is 9.59 Å². The summed E-state index contributed by atoms with van der Waals surface area (Å²) in [4.78, 5) is 27.7. The summed E-state index contributed by atoms with van der Waals surface area (Å²) in [6.45, 7) is 6.52. The Morgan fingerprint density at radius 1 is 1.17 bits per heavy atom. The van der Waals surface area contributed by atoms with Crippen LogP contribution >= 0.6 is 0 Å². The Kier molecular flexibility index (Phi) is 4.66. The monoisotopic (exact) mass is 328 g/mol. The lowest BCUT2D eigenvalue weighted by Gasteiger charge is -2.37. The van der Waals surface area contributed by atoms with Crippen LogP contribution in [0.1, 0.15) is 68.8 Å². The van der Waals surface area contributed by atoms with Gasteiger partial charge in [-0.25, -0.2) is 0 Å². The van der Waals surface area contributed by atoms with Crippen molar-refractivity contribution in [2.24, 2.45) is 5.92 Å². The lowest BCUT2D eigenvalue weighted by Crippen LogP contribution is -2.55. The zero-order valence-electron chi connectivity index (χ0n) is 15.0. The fraction of sp³-hybridized carbons (Fsp3) is 0.600. The standard InChI is InChI=1S/C20H28N2O2/c1-20(2,3)21-18(23)17(14-9-5-4-6-10-14)22-13-15-11-7-8-12-16(15)19(22)24/h7-8,11-12,14,17H,4-6,9-10,13H2,1-3H3,(H,21,23). The molecule has 0 bridgehead atoms. The van der Waals surface area contributed by atoms with Crippen LogP contribution in [0, 0.1) is 5.92 Å². The van der Waals surface area contributed by atoms with Crippen LogP contribution in [0.25, 0.3) is 0 Å². The van der Waals surface area contributed by atoms with Crippen LogP contribution < -0.4 is 5.32 Å². The van der Waals surface area contributed by atoms with Crippen LogP contribution in [0.2, 0.25) is 0 Å². The molecule has 2 aliphatic rings. The van der Waals surface area contributed by atoms with E-state index in [9.17, 15) is 9.59 Å². The molecule has 1 N–H and O–H groups in total. The predicted molar refractivity (Wildman–Crippen MR) is 94.6 cm³/mol. The molecule has 0 aromatic heterocycles. The number of hydrogen-bond donors (Lipinski definition) is 1. The van der Waals surface area contributed by atoms with Gasteiger partial charge in [0.25, 0.3) is 5.91 Å². The van der Waals surface area contributed by atoms with E-state index in [2.05, 4.69) is 5.32 Å². The first kappa shape index (κ1) is 17.0. The fourth-order valence-corrected chi connectivity index (χ4v) is 4.01. The first-order chi connectivity index (χ1) is 11.4. The molecular formula is C20H28N2O2. The first-order valence-corrected chi connectivity index (χ1v) is 9.08. The van der Waals surface area contributed by atoms with Crippen LogP contribution in [0.4, 0.5) is 0 Å². The van der Waals surface area contributed by atoms with E-state index >= 15 is 0 Å². The van der Waals surface area contributed by atoms with E-state index < -0.39 is 0 Å². The molecule has 0 radical (unpaired) electrons. The molecule has 1 aliphatic heterocycles. The van der Waals surface area contributed by atoms with Crippen molar-refractivity contribution in [3.05, 3.63) is 35.4 Å². The van der Waals surface area contributed by atoms with Crippen LogP contribution in [0.3, 0.4) is 0 Å². The molecule has 24 heavy (non-hydrogen) atoms. The summed E-state index contributed by atoms with van der Waals surface area (Å²) in [7, 11) is 0. The number of fused-ring (bicyclic) bond motifs is 1. The Labute approximate surface area is 144 Å². The summed E-state index contributed by atoms with van der Waals surface area (Å²) in [5.74, 6) is 0.264. The lowest BCUT2D eigenvalue weighted by molar-refractivity contribution is -0.129. The molecule has 1 atom stereocenters. The number of carbonyl (C=O) groups is 2. The third kappa shape index (κ3) is 3.47. The summed E-state index contributed by atoms with van der Waals surface area (Å²) < 4.78 is 0. The molecule has 4 nitrogen and oxygen atoms in total. The highest BCUT2D eigenvalue weighted by Gasteiger charge is 2.41. The summed E-state index contributed by atoms with van der Waals surface area (Å²) >= 11 is 0. The Bertz CT molecular complexity index is 627. The van der Waals surface area contributed by atoms with Gasteiger partial charge in [0.05, 0.1) is 0 Å². The third-order valence-electron chi connectivity index (χ3n) is 5.05. The molecule has 1 heterocycles. The highest BCUT2D eigenvalue weighted by molar-refractivity contribution is 6.01. The third-order valence-corrected chi connectivity index (χ3v) is 5.05. The van der Waals surface area contributed by atoms with E-state index in [0.717, 1.165) is 36.8 Å². The Morgan fingerprint density at radius 3 is 2.46 bits per heavy atom. The van der Waals surface area contributed by atoms with E-state index in [1.54, 1.807) is 0 Å². The Balaban J connectivity index is 1.88. The number of rotatable bonds is 3. The van der Waals surface area contributed by atoms with Gasteiger partial charge in [0.15, 0.2) is 0 Å². The van der Waals surface area contributed by atoms with Crippen molar-refractivity contribution in [2.45, 2.75) is 71.0 Å². The average Bonchev–Trinajstić information content (AvgIpc) is 2.84. The molecule has 0 spiro atoms. The summed E-state index contributed by atoms with van der Waals surface area (Å²) in [6.07, 6.45) is 5.60. The maximum absolute atomic E-state index is 13.0. The van der Waals surface area contributed by atoms with Crippen molar-refractivity contribution in [3.8, 4) is 0 Å². The lowest BCUT2D eigenvalue weighted by atomic mass is 9.82. The van der Waals surface area contributed by atoms with Crippen molar-refractivity contribution in [3.63, 3.8) is 0 Å². The second kappa shape index (κ2) is 6.58. The molecule has 1 saturated carbocycles. The Hall–Kier alpha value is -1.84. The minimum absolute atomic E-state index is 0.00411. The normalized spacial score (nSPS) is 20.0. The maximum atomic E-state index is 13.0. The van der Waals surface area contributed by atoms with Crippen LogP contribution in [-0.2, 0) is 11.3 Å². The van der Waals surface area contributed by atoms with Gasteiger partial charge in [-0.15, -0.1) is 0 Å². The molecule has 1 aromatic rings. The minimum Gasteiger partial charge on any atom is -0.350 e. The zero-order valence-corrected chi connectivity index (χ0v) is 15.0. The molecule has 4 heteroatoms. The molecule has 1 fully saturated rings. The second-order valence-electron chi connectivity index (χ2n) is 8.17. The van der Waals surface area contributed by atoms with Crippen molar-refractivity contribution < 1.29 is 9.59 Å². The number of nitrogens with one attached hydrogen (secondary N) is 1. The van der Waals surface area contributed by atoms with E-state index in [4.69, 9.17) is 0 Å². The van der Waals surface area contributed by atoms with Gasteiger partial charge in [0.2, 0.25) is 5.91 Å². The van der Waals surface area contributed by atoms with E-state index in [-0.39, 0.29) is 29.3 Å². The summed E-state index contributed by atoms with van der Waals surface area (Å²) in [5, 5.41) is 3.11. The van der Waals surface area contributed by atoms with Gasteiger partial charge in [-0.05, 0) is 51.2 Å². The average molecular weight is 328 g/mol. The van der Waals surface area contributed by atoms with E-state index in [1.165, 1.54) is 6.42 Å². The smallest absolute Gasteiger partial charge is 0.255 e. The van der Waals surface area contributed by atoms with Crippen LogP contribution in [-0.4, -0.2) is 28.3 Å². The molecule has 1 unspecified atom stereocenters. The van der Waals surface area contributed by atoms with Crippen molar-refractivity contribution in [2.75, 3.05) is 0 Å². The van der Waals surface area contributed by atoms with Gasteiger partial charge in [-0.1, -0.05) is 37.5 Å². The second-order valence-corrected chi connectivity index (χ2v) is 8.17. The summed E-state index contributed by atoms with van der Waals surface area (Å²) in [6, 6.07) is 7.36. The van der Waals surface area contributed by atoms with Gasteiger partial charge in [0.1, 0.15) is 6.04 Å². The molecule has 130 valence electrons. The van der Waals surface area contributed by atoms with Crippen molar-refractivity contribution in [1.82, 2.24) is 10.2 Å². The first-order valence-electron chi connectivity index (χ1n) is 9.08. The molecule has 3 rings (SSSR count). The SMILES string of the molecule is CC(C)(C)NC(=O)C(C1CCCCC1)N1Cc2ccccc2C1=O. The number of hydrogen-bond acceptors (Lipinski definition) is 2. The summed E-state index contributed by atoms with van der Waals surface area (Å²) in [5.41, 5.74) is 1.49. The van der Waals surface area contributed by atoms with Crippen molar-refractivity contribution in [1.29, 1.82) is 0 Å². The van der Waals surface area contributed by atoms with Gasteiger partial charge in [-0.2, -0.15) is 0 Å². The van der Waals surface area contributed by atoms with Gasteiger partial charge in [0, 0.05) is 17.6 Å². The molecule has 1 aromatic carbocycles. The topological polar surface area (TPSA) is 49.4 Å². The number of benzene rings is 1. The largest absolute Gasteiger partial charge is 0.350 e. The Morgan fingerprint density at radius 2 is 1.83 bits per heavy atom. The molecule has 2 amide bonds. The molecule has 0 saturated heterocycles. The molecule has 1 aliphatic carbocycles. The number of carbonyl (C=O) groups excluding carboxylic acids is 2. The van der Waals surface area contributed by atoms with Crippen LogP contribution in [0.5, 0.6) is 0 Å². The highest BCUT2D eigenvalue weighted by atomic mass is 16.2. The highest BCUT2D eigenvalue weighted by Crippen LogP contribution is 2.34. The molecular weight excluding hydrogens is 300 g/mol. The van der Waals surface area contributed by atoms with E-state index in [1.807, 2.05) is 49.9 Å². The predicted octanol–water partition coefficient (Wildman–Crippen LogP) is 3.51. The zero-order chi connectivity index (χ0) is 17.3. The van der Waals surface area contributed by atoms with Gasteiger partial charge < -0.3 is 10.2 Å². The van der Waals surface area contributed by atoms with Crippen molar-refractivity contribution >= 4 is 11.8 Å². The quantitative estimate of drug-likeness (QED) is 0.923. The van der Waals surface area contributed by atoms with Crippen LogP contribution in [0.15, 0.2) is 24.3 Å². The minimum atomic E-state index is -0.357. The number of amides is 2. The van der Waals surface area contributed by atoms with Gasteiger partial charge >= 0.3 is 0 Å². The number of nitrogens with zero attached hydrogens (tertiary/aromatic N) is 1.